The molecular weight excluding hydrogens is 230 g/mol. The Kier molecular flexibility index (Phi) is 3.92. The zero-order valence-corrected chi connectivity index (χ0v) is 10.9. The van der Waals surface area contributed by atoms with Crippen LogP contribution >= 0.6 is 11.3 Å². The summed E-state index contributed by atoms with van der Waals surface area (Å²) in [5, 5.41) is 5.04. The van der Waals surface area contributed by atoms with E-state index in [-0.39, 0.29) is 4.21 Å². The van der Waals surface area contributed by atoms with Crippen LogP contribution in [-0.2, 0) is 16.4 Å². The van der Waals surface area contributed by atoms with E-state index >= 15 is 0 Å². The zero-order valence-electron chi connectivity index (χ0n) is 9.23. The number of primary sulfonamides is 1. The largest absolute Gasteiger partial charge is 0.247 e. The molecule has 0 spiro atoms. The van der Waals surface area contributed by atoms with Gasteiger partial charge in [0.2, 0.25) is 10.0 Å². The third kappa shape index (κ3) is 3.59. The molecular formula is C10H17NO2S2. The normalized spacial score (nSPS) is 14.5. The van der Waals surface area contributed by atoms with E-state index in [9.17, 15) is 8.42 Å². The van der Waals surface area contributed by atoms with Gasteiger partial charge in [-0.05, 0) is 30.4 Å². The molecule has 86 valence electrons. The number of hydrogen-bond donors (Lipinski definition) is 1. The van der Waals surface area contributed by atoms with Gasteiger partial charge >= 0.3 is 0 Å². The van der Waals surface area contributed by atoms with Crippen molar-refractivity contribution in [2.75, 3.05) is 0 Å². The summed E-state index contributed by atoms with van der Waals surface area (Å²) in [6.45, 7) is 6.50. The van der Waals surface area contributed by atoms with E-state index in [1.165, 1.54) is 11.3 Å². The van der Waals surface area contributed by atoms with Gasteiger partial charge < -0.3 is 0 Å². The van der Waals surface area contributed by atoms with Gasteiger partial charge in [-0.2, -0.15) is 0 Å². The highest BCUT2D eigenvalue weighted by Crippen LogP contribution is 2.25. The van der Waals surface area contributed by atoms with Crippen LogP contribution in [0.5, 0.6) is 0 Å². The maximum atomic E-state index is 11.1. The van der Waals surface area contributed by atoms with Crippen LogP contribution in [0.1, 0.15) is 25.6 Å². The highest BCUT2D eigenvalue weighted by molar-refractivity contribution is 7.91. The molecule has 1 aromatic heterocycles. The molecule has 0 radical (unpaired) electrons. The third-order valence-electron chi connectivity index (χ3n) is 2.58. The Morgan fingerprint density at radius 3 is 2.33 bits per heavy atom. The van der Waals surface area contributed by atoms with Gasteiger partial charge in [-0.25, -0.2) is 13.6 Å². The van der Waals surface area contributed by atoms with Crippen LogP contribution in [0.4, 0.5) is 0 Å². The van der Waals surface area contributed by atoms with Crippen molar-refractivity contribution in [3.05, 3.63) is 17.0 Å². The summed E-state index contributed by atoms with van der Waals surface area (Å²) in [5.74, 6) is 1.15. The highest BCUT2D eigenvalue weighted by atomic mass is 32.2. The van der Waals surface area contributed by atoms with E-state index < -0.39 is 10.0 Å². The third-order valence-corrected chi connectivity index (χ3v) is 5.12. The van der Waals surface area contributed by atoms with Crippen LogP contribution in [0.15, 0.2) is 16.3 Å². The molecule has 1 aromatic rings. The monoisotopic (exact) mass is 247 g/mol. The Morgan fingerprint density at radius 2 is 1.93 bits per heavy atom. The lowest BCUT2D eigenvalue weighted by Gasteiger charge is -2.13. The molecule has 0 aliphatic carbocycles. The molecule has 15 heavy (non-hydrogen) atoms. The minimum Gasteiger partial charge on any atom is -0.224 e. The second-order valence-corrected chi connectivity index (χ2v) is 7.15. The minimum atomic E-state index is -3.52. The average molecular weight is 247 g/mol. The number of nitrogens with two attached hydrogens (primary N) is 1. The zero-order chi connectivity index (χ0) is 11.6. The van der Waals surface area contributed by atoms with Gasteiger partial charge in [0.1, 0.15) is 4.21 Å². The summed E-state index contributed by atoms with van der Waals surface area (Å²) in [6, 6.07) is 3.44. The minimum absolute atomic E-state index is 0.258. The Labute approximate surface area is 95.4 Å². The predicted octanol–water partition coefficient (Wildman–Crippen LogP) is 2.23. The van der Waals surface area contributed by atoms with E-state index in [1.54, 1.807) is 6.07 Å². The fourth-order valence-electron chi connectivity index (χ4n) is 1.17. The summed E-state index contributed by atoms with van der Waals surface area (Å²) in [7, 11) is -3.52. The topological polar surface area (TPSA) is 60.2 Å². The van der Waals surface area contributed by atoms with Crippen molar-refractivity contribution in [2.24, 2.45) is 17.0 Å². The molecule has 3 nitrogen and oxygen atoms in total. The first-order valence-electron chi connectivity index (χ1n) is 4.92. The standard InChI is InChI=1S/C10H17NO2S2/c1-7(2)8(3)6-9-4-5-10(14-9)15(11,12)13/h4-5,7-8H,6H2,1-3H3,(H2,11,12,13). The van der Waals surface area contributed by atoms with Crippen LogP contribution in [0.25, 0.3) is 0 Å². The molecule has 1 heterocycles. The smallest absolute Gasteiger partial charge is 0.224 e. The number of thiophene rings is 1. The van der Waals surface area contributed by atoms with Crippen molar-refractivity contribution in [2.45, 2.75) is 31.4 Å². The lowest BCUT2D eigenvalue weighted by molar-refractivity contribution is 0.420. The highest BCUT2D eigenvalue weighted by Gasteiger charge is 2.14. The van der Waals surface area contributed by atoms with Crippen LogP contribution in [0.3, 0.4) is 0 Å². The fourth-order valence-corrected chi connectivity index (χ4v) is 3.09. The van der Waals surface area contributed by atoms with E-state index in [0.29, 0.717) is 11.8 Å². The van der Waals surface area contributed by atoms with Crippen LogP contribution in [0.2, 0.25) is 0 Å². The summed E-state index contributed by atoms with van der Waals surface area (Å²) in [4.78, 5) is 1.08. The van der Waals surface area contributed by atoms with Crippen molar-refractivity contribution in [3.63, 3.8) is 0 Å². The Morgan fingerprint density at radius 1 is 1.33 bits per heavy atom. The number of sulfonamides is 1. The van der Waals surface area contributed by atoms with Gasteiger partial charge in [0.15, 0.2) is 0 Å². The summed E-state index contributed by atoms with van der Waals surface area (Å²) in [6.07, 6.45) is 0.915. The predicted molar refractivity (Wildman–Crippen MR) is 63.4 cm³/mol. The van der Waals surface area contributed by atoms with Gasteiger partial charge in [-0.1, -0.05) is 20.8 Å². The van der Waals surface area contributed by atoms with Crippen LogP contribution < -0.4 is 5.14 Å². The van der Waals surface area contributed by atoms with E-state index in [4.69, 9.17) is 5.14 Å². The molecule has 2 N–H and O–H groups in total. The van der Waals surface area contributed by atoms with Gasteiger partial charge in [-0.3, -0.25) is 0 Å². The van der Waals surface area contributed by atoms with Crippen molar-refractivity contribution >= 4 is 21.4 Å². The Bertz CT molecular complexity index is 420. The molecule has 0 amide bonds. The lowest BCUT2D eigenvalue weighted by atomic mass is 9.94. The molecule has 0 bridgehead atoms. The summed E-state index contributed by atoms with van der Waals surface area (Å²) in [5.41, 5.74) is 0. The number of hydrogen-bond acceptors (Lipinski definition) is 3. The first-order valence-corrected chi connectivity index (χ1v) is 7.28. The molecule has 1 atom stereocenters. The van der Waals surface area contributed by atoms with E-state index in [2.05, 4.69) is 20.8 Å². The van der Waals surface area contributed by atoms with E-state index in [1.807, 2.05) is 6.07 Å². The Hall–Kier alpha value is -0.390. The SMILES string of the molecule is CC(C)C(C)Cc1ccc(S(N)(=O)=O)s1. The molecule has 0 aliphatic rings. The quantitative estimate of drug-likeness (QED) is 0.887. The maximum Gasteiger partial charge on any atom is 0.247 e. The maximum absolute atomic E-state index is 11.1. The first-order chi connectivity index (χ1) is 6.80. The average Bonchev–Trinajstić information content (AvgIpc) is 2.51. The molecule has 0 fully saturated rings. The fraction of sp³-hybridized carbons (Fsp3) is 0.600. The van der Waals surface area contributed by atoms with E-state index in [0.717, 1.165) is 11.3 Å². The second kappa shape index (κ2) is 4.63. The van der Waals surface area contributed by atoms with Gasteiger partial charge in [0.25, 0.3) is 0 Å². The van der Waals surface area contributed by atoms with Crippen LogP contribution in [-0.4, -0.2) is 8.42 Å². The molecule has 0 aliphatic heterocycles. The molecule has 1 rings (SSSR count). The molecule has 0 saturated heterocycles. The van der Waals surface area contributed by atoms with Crippen molar-refractivity contribution < 1.29 is 8.42 Å². The lowest BCUT2D eigenvalue weighted by Crippen LogP contribution is -2.10. The van der Waals surface area contributed by atoms with Crippen molar-refractivity contribution in [1.29, 1.82) is 0 Å². The van der Waals surface area contributed by atoms with Crippen molar-refractivity contribution in [3.8, 4) is 0 Å². The van der Waals surface area contributed by atoms with Gasteiger partial charge in [0.05, 0.1) is 0 Å². The number of rotatable bonds is 4. The summed E-state index contributed by atoms with van der Waals surface area (Å²) < 4.78 is 22.4. The molecule has 5 heteroatoms. The van der Waals surface area contributed by atoms with Gasteiger partial charge in [0, 0.05) is 4.88 Å². The molecule has 0 aromatic carbocycles. The second-order valence-electron chi connectivity index (χ2n) is 4.19. The van der Waals surface area contributed by atoms with Crippen LogP contribution in [0, 0.1) is 11.8 Å². The van der Waals surface area contributed by atoms with Crippen molar-refractivity contribution in [1.82, 2.24) is 0 Å². The molecule has 0 saturated carbocycles. The summed E-state index contributed by atoms with van der Waals surface area (Å²) >= 11 is 1.27. The Balaban J connectivity index is 2.78. The van der Waals surface area contributed by atoms with Gasteiger partial charge in [-0.15, -0.1) is 11.3 Å². The first kappa shape index (κ1) is 12.7. The molecule has 1 unspecified atom stereocenters.